The predicted molar refractivity (Wildman–Crippen MR) is 60.1 cm³/mol. The normalized spacial score (nSPS) is 11.1. The summed E-state index contributed by atoms with van der Waals surface area (Å²) >= 11 is 0. The van der Waals surface area contributed by atoms with E-state index in [9.17, 15) is 5.11 Å². The number of likely N-dealkylation sites (N-methyl/N-ethyl adjacent to an activating group) is 1. The number of rotatable bonds is 5. The van der Waals surface area contributed by atoms with Crippen LogP contribution in [0, 0.1) is 0 Å². The van der Waals surface area contributed by atoms with Crippen LogP contribution >= 0.6 is 0 Å². The molecule has 1 N–H and O–H groups in total. The third-order valence-electron chi connectivity index (χ3n) is 2.42. The van der Waals surface area contributed by atoms with Gasteiger partial charge in [0.1, 0.15) is 0 Å². The number of aliphatic hydroxyl groups is 1. The van der Waals surface area contributed by atoms with Gasteiger partial charge in [-0.15, -0.1) is 0 Å². The van der Waals surface area contributed by atoms with E-state index in [-0.39, 0.29) is 0 Å². The second-order valence-corrected chi connectivity index (χ2v) is 3.26. The Morgan fingerprint density at radius 2 is 1.46 bits per heavy atom. The lowest BCUT2D eigenvalue weighted by Gasteiger charge is -2.29. The molecular formula is C11H27NO. The fourth-order valence-corrected chi connectivity index (χ4v) is 1.09. The van der Waals surface area contributed by atoms with Crippen LogP contribution in [0.5, 0.6) is 0 Å². The molecule has 0 spiro atoms. The van der Waals surface area contributed by atoms with Crippen molar-refractivity contribution < 1.29 is 5.11 Å². The van der Waals surface area contributed by atoms with Crippen LogP contribution in [-0.2, 0) is 0 Å². The van der Waals surface area contributed by atoms with Crippen molar-refractivity contribution in [3.63, 3.8) is 0 Å². The van der Waals surface area contributed by atoms with Crippen molar-refractivity contribution in [2.24, 2.45) is 0 Å². The molecule has 0 radical (unpaired) electrons. The zero-order valence-electron chi connectivity index (χ0n) is 10.2. The minimum absolute atomic E-state index is 0.467. The first-order valence-electron chi connectivity index (χ1n) is 5.49. The van der Waals surface area contributed by atoms with Gasteiger partial charge in [0.25, 0.3) is 0 Å². The highest BCUT2D eigenvalue weighted by atomic mass is 16.3. The van der Waals surface area contributed by atoms with E-state index in [4.69, 9.17) is 0 Å². The molecule has 0 rings (SSSR count). The average molecular weight is 189 g/mol. The molecule has 0 fully saturated rings. The van der Waals surface area contributed by atoms with Crippen LogP contribution < -0.4 is 0 Å². The van der Waals surface area contributed by atoms with Gasteiger partial charge in [-0.3, -0.25) is 0 Å². The van der Waals surface area contributed by atoms with Crippen LogP contribution in [0.1, 0.15) is 47.5 Å². The quantitative estimate of drug-likeness (QED) is 0.718. The minimum atomic E-state index is -0.467. The first-order valence-corrected chi connectivity index (χ1v) is 5.49. The van der Waals surface area contributed by atoms with Gasteiger partial charge < -0.3 is 10.0 Å². The molecule has 13 heavy (non-hydrogen) atoms. The number of hydrogen-bond donors (Lipinski definition) is 1. The third kappa shape index (κ3) is 7.03. The summed E-state index contributed by atoms with van der Waals surface area (Å²) in [5.41, 5.74) is -0.467. The van der Waals surface area contributed by atoms with E-state index in [0.717, 1.165) is 25.9 Å². The molecule has 0 bridgehead atoms. The summed E-state index contributed by atoms with van der Waals surface area (Å²) in [6.07, 6.45) is 1.68. The monoisotopic (exact) mass is 189 g/mol. The van der Waals surface area contributed by atoms with Gasteiger partial charge in [-0.25, -0.2) is 0 Å². The molecule has 0 saturated heterocycles. The minimum Gasteiger partial charge on any atom is -0.389 e. The van der Waals surface area contributed by atoms with E-state index in [1.54, 1.807) is 0 Å². The highest BCUT2D eigenvalue weighted by Gasteiger charge is 2.22. The molecule has 2 nitrogen and oxygen atoms in total. The first kappa shape index (κ1) is 15.4. The number of nitrogens with zero attached hydrogens (tertiary/aromatic N) is 1. The second kappa shape index (κ2) is 8.52. The van der Waals surface area contributed by atoms with Crippen LogP contribution in [0.3, 0.4) is 0 Å². The van der Waals surface area contributed by atoms with Gasteiger partial charge in [0.15, 0.2) is 0 Å². The molecular weight excluding hydrogens is 162 g/mol. The maximum Gasteiger partial charge on any atom is 0.0768 e. The maximum absolute atomic E-state index is 9.89. The van der Waals surface area contributed by atoms with Gasteiger partial charge in [-0.2, -0.15) is 0 Å². The molecule has 0 aliphatic carbocycles. The smallest absolute Gasteiger partial charge is 0.0768 e. The van der Waals surface area contributed by atoms with Crippen molar-refractivity contribution in [2.75, 3.05) is 20.1 Å². The Morgan fingerprint density at radius 3 is 1.69 bits per heavy atom. The van der Waals surface area contributed by atoms with E-state index in [2.05, 4.69) is 11.8 Å². The Bertz CT molecular complexity index is 100. The molecule has 82 valence electrons. The van der Waals surface area contributed by atoms with Crippen LogP contribution in [0.15, 0.2) is 0 Å². The summed E-state index contributed by atoms with van der Waals surface area (Å²) < 4.78 is 0. The highest BCUT2D eigenvalue weighted by Crippen LogP contribution is 2.15. The van der Waals surface area contributed by atoms with E-state index >= 15 is 0 Å². The summed E-state index contributed by atoms with van der Waals surface area (Å²) in [6, 6.07) is 0. The predicted octanol–water partition coefficient (Wildman–Crippen LogP) is 2.52. The van der Waals surface area contributed by atoms with Gasteiger partial charge in [0, 0.05) is 6.54 Å². The third-order valence-corrected chi connectivity index (χ3v) is 2.42. The van der Waals surface area contributed by atoms with E-state index in [1.165, 1.54) is 0 Å². The molecule has 0 unspecified atom stereocenters. The maximum atomic E-state index is 9.89. The van der Waals surface area contributed by atoms with E-state index in [0.29, 0.717) is 0 Å². The van der Waals surface area contributed by atoms with Gasteiger partial charge in [-0.05, 0) is 26.4 Å². The molecule has 0 aromatic carbocycles. The Balaban J connectivity index is 0. The lowest BCUT2D eigenvalue weighted by molar-refractivity contribution is 0.00425. The fraction of sp³-hybridized carbons (Fsp3) is 1.00. The van der Waals surface area contributed by atoms with Gasteiger partial charge in [0.05, 0.1) is 5.60 Å². The summed E-state index contributed by atoms with van der Waals surface area (Å²) in [5, 5.41) is 9.89. The molecule has 0 saturated carbocycles. The van der Waals surface area contributed by atoms with Crippen molar-refractivity contribution in [2.45, 2.75) is 53.1 Å². The highest BCUT2D eigenvalue weighted by molar-refractivity contribution is 4.77. The molecule has 0 atom stereocenters. The zero-order chi connectivity index (χ0) is 10.9. The summed E-state index contributed by atoms with van der Waals surface area (Å²) in [5.74, 6) is 0. The van der Waals surface area contributed by atoms with Crippen molar-refractivity contribution in [3.8, 4) is 0 Å². The van der Waals surface area contributed by atoms with Gasteiger partial charge >= 0.3 is 0 Å². The topological polar surface area (TPSA) is 23.5 Å². The Morgan fingerprint density at radius 1 is 1.08 bits per heavy atom. The Hall–Kier alpha value is -0.0800. The molecule has 0 aromatic rings. The molecule has 2 heteroatoms. The van der Waals surface area contributed by atoms with Crippen molar-refractivity contribution in [1.29, 1.82) is 0 Å². The van der Waals surface area contributed by atoms with Crippen LogP contribution in [-0.4, -0.2) is 35.7 Å². The SMILES string of the molecule is CC.CCN(C)CC(O)(CC)CC. The van der Waals surface area contributed by atoms with Crippen molar-refractivity contribution >= 4 is 0 Å². The molecule has 0 heterocycles. The van der Waals surface area contributed by atoms with Crippen LogP contribution in [0.2, 0.25) is 0 Å². The van der Waals surface area contributed by atoms with E-state index in [1.807, 2.05) is 34.7 Å². The lowest BCUT2D eigenvalue weighted by Crippen LogP contribution is -2.40. The molecule has 0 aromatic heterocycles. The summed E-state index contributed by atoms with van der Waals surface area (Å²) in [7, 11) is 2.04. The van der Waals surface area contributed by atoms with E-state index < -0.39 is 5.60 Å². The Kier molecular flexibility index (Phi) is 10.1. The fourth-order valence-electron chi connectivity index (χ4n) is 1.09. The van der Waals surface area contributed by atoms with Crippen molar-refractivity contribution in [1.82, 2.24) is 4.90 Å². The Labute approximate surface area is 83.9 Å². The zero-order valence-corrected chi connectivity index (χ0v) is 10.2. The lowest BCUT2D eigenvalue weighted by atomic mass is 9.97. The molecule has 0 aliphatic rings. The first-order chi connectivity index (χ1) is 6.08. The van der Waals surface area contributed by atoms with Crippen LogP contribution in [0.4, 0.5) is 0 Å². The molecule has 0 amide bonds. The van der Waals surface area contributed by atoms with Gasteiger partial charge in [0.2, 0.25) is 0 Å². The summed E-state index contributed by atoms with van der Waals surface area (Å²) in [6.45, 7) is 12.0. The van der Waals surface area contributed by atoms with Crippen LogP contribution in [0.25, 0.3) is 0 Å². The largest absolute Gasteiger partial charge is 0.389 e. The second-order valence-electron chi connectivity index (χ2n) is 3.26. The standard InChI is InChI=1S/C9H21NO.C2H6/c1-5-9(11,6-2)8-10(4)7-3;1-2/h11H,5-8H2,1-4H3;1-2H3. The van der Waals surface area contributed by atoms with Crippen molar-refractivity contribution in [3.05, 3.63) is 0 Å². The van der Waals surface area contributed by atoms with Gasteiger partial charge in [-0.1, -0.05) is 34.6 Å². The summed E-state index contributed by atoms with van der Waals surface area (Å²) in [4.78, 5) is 2.15. The number of hydrogen-bond acceptors (Lipinski definition) is 2. The molecule has 0 aliphatic heterocycles. The average Bonchev–Trinajstić information content (AvgIpc) is 2.20.